The van der Waals surface area contributed by atoms with Crippen molar-refractivity contribution in [2.45, 2.75) is 63.4 Å². The van der Waals surface area contributed by atoms with E-state index in [0.29, 0.717) is 18.7 Å². The molecular formula is C35H43N3O7. The molecule has 2 aliphatic heterocycles. The highest BCUT2D eigenvalue weighted by Crippen LogP contribution is 2.42. The Morgan fingerprint density at radius 3 is 2.47 bits per heavy atom. The normalized spacial score (nSPS) is 24.1. The van der Waals surface area contributed by atoms with Gasteiger partial charge in [-0.15, -0.1) is 0 Å². The van der Waals surface area contributed by atoms with Gasteiger partial charge >= 0.3 is 12.0 Å². The number of benzene rings is 3. The lowest BCUT2D eigenvalue weighted by Crippen LogP contribution is -2.46. The second-order valence-corrected chi connectivity index (χ2v) is 11.8. The highest BCUT2D eigenvalue weighted by atomic mass is 16.7. The van der Waals surface area contributed by atoms with Gasteiger partial charge in [0.25, 0.3) is 0 Å². The summed E-state index contributed by atoms with van der Waals surface area (Å²) in [6.45, 7) is 3.77. The van der Waals surface area contributed by atoms with Crippen LogP contribution >= 0.6 is 0 Å². The molecule has 2 fully saturated rings. The standard InChI is InChI=1S/C35H43N3O7/c1-23-31(20-38-17-7-12-29(38)22-40)44-34(45-32(23)26-15-13-25(21-39)14-16-26)27-10-6-11-28(19-27)36-35(42)37-30(33(41)43-2)18-24-8-4-3-5-9-24/h3-6,8-11,13-16,19,23,29-32,34,39-40H,7,12,17-18,20-22H2,1-2H3,(H2,36,37,42). The van der Waals surface area contributed by atoms with Gasteiger partial charge in [-0.1, -0.05) is 73.7 Å². The maximum Gasteiger partial charge on any atom is 0.328 e. The van der Waals surface area contributed by atoms with Gasteiger partial charge in [-0.2, -0.15) is 0 Å². The van der Waals surface area contributed by atoms with Crippen molar-refractivity contribution >= 4 is 17.7 Å². The van der Waals surface area contributed by atoms with Gasteiger partial charge in [-0.25, -0.2) is 9.59 Å². The van der Waals surface area contributed by atoms with E-state index in [2.05, 4.69) is 22.5 Å². The minimum absolute atomic E-state index is 0.00752. The number of aliphatic hydroxyl groups excluding tert-OH is 2. The molecule has 0 radical (unpaired) electrons. The molecule has 0 spiro atoms. The zero-order valence-corrected chi connectivity index (χ0v) is 25.8. The van der Waals surface area contributed by atoms with Crippen molar-refractivity contribution < 1.29 is 34.0 Å². The van der Waals surface area contributed by atoms with Crippen LogP contribution in [0.25, 0.3) is 0 Å². The topological polar surface area (TPSA) is 130 Å². The van der Waals surface area contributed by atoms with Gasteiger partial charge in [0.15, 0.2) is 6.29 Å². The molecule has 6 atom stereocenters. The Morgan fingerprint density at radius 1 is 0.978 bits per heavy atom. The zero-order chi connectivity index (χ0) is 31.8. The summed E-state index contributed by atoms with van der Waals surface area (Å²) in [7, 11) is 1.30. The van der Waals surface area contributed by atoms with Crippen LogP contribution in [0, 0.1) is 5.92 Å². The number of esters is 1. The highest BCUT2D eigenvalue weighted by Gasteiger charge is 2.40. The van der Waals surface area contributed by atoms with Gasteiger partial charge < -0.3 is 35.1 Å². The van der Waals surface area contributed by atoms with Crippen LogP contribution in [0.2, 0.25) is 0 Å². The molecule has 2 saturated heterocycles. The molecule has 3 aromatic rings. The quantitative estimate of drug-likeness (QED) is 0.234. The fourth-order valence-corrected chi connectivity index (χ4v) is 6.18. The number of nitrogens with zero attached hydrogens (tertiary/aromatic N) is 1. The van der Waals surface area contributed by atoms with E-state index in [1.165, 1.54) is 7.11 Å². The maximum absolute atomic E-state index is 13.0. The molecule has 0 bridgehead atoms. The molecule has 3 aromatic carbocycles. The number of hydrogen-bond donors (Lipinski definition) is 4. The molecular weight excluding hydrogens is 574 g/mol. The molecule has 10 nitrogen and oxygen atoms in total. The van der Waals surface area contributed by atoms with Gasteiger partial charge in [0, 0.05) is 36.2 Å². The number of ether oxygens (including phenoxy) is 3. The van der Waals surface area contributed by atoms with Crippen LogP contribution in [0.5, 0.6) is 0 Å². The summed E-state index contributed by atoms with van der Waals surface area (Å²) >= 11 is 0. The van der Waals surface area contributed by atoms with E-state index in [4.69, 9.17) is 14.2 Å². The minimum Gasteiger partial charge on any atom is -0.467 e. The second kappa shape index (κ2) is 15.5. The first-order valence-corrected chi connectivity index (χ1v) is 15.5. The third-order valence-corrected chi connectivity index (χ3v) is 8.74. The average Bonchev–Trinajstić information content (AvgIpc) is 3.52. The van der Waals surface area contributed by atoms with Crippen LogP contribution in [0.4, 0.5) is 10.5 Å². The Kier molecular flexibility index (Phi) is 11.2. The number of methoxy groups -OCH3 is 1. The number of carbonyl (C=O) groups excluding carboxylic acids is 2. The zero-order valence-electron chi connectivity index (χ0n) is 25.8. The van der Waals surface area contributed by atoms with Gasteiger partial charge in [0.05, 0.1) is 32.5 Å². The molecule has 0 aliphatic carbocycles. The molecule has 10 heteroatoms. The second-order valence-electron chi connectivity index (χ2n) is 11.8. The van der Waals surface area contributed by atoms with E-state index >= 15 is 0 Å². The van der Waals surface area contributed by atoms with Crippen molar-refractivity contribution in [3.05, 3.63) is 101 Å². The molecule has 240 valence electrons. The fraction of sp³-hybridized carbons (Fsp3) is 0.429. The van der Waals surface area contributed by atoms with Gasteiger partial charge in [-0.3, -0.25) is 4.90 Å². The predicted molar refractivity (Wildman–Crippen MR) is 169 cm³/mol. The van der Waals surface area contributed by atoms with E-state index in [1.807, 2.05) is 66.7 Å². The van der Waals surface area contributed by atoms with Crippen LogP contribution in [-0.2, 0) is 32.0 Å². The molecule has 6 unspecified atom stereocenters. The minimum atomic E-state index is -0.862. The van der Waals surface area contributed by atoms with E-state index in [0.717, 1.165) is 41.6 Å². The Labute approximate surface area is 264 Å². The lowest BCUT2D eigenvalue weighted by Gasteiger charge is -2.43. The molecule has 0 saturated carbocycles. The summed E-state index contributed by atoms with van der Waals surface area (Å²) in [5.74, 6) is -0.528. The number of hydrogen-bond acceptors (Lipinski definition) is 8. The van der Waals surface area contributed by atoms with E-state index in [1.54, 1.807) is 12.1 Å². The maximum atomic E-state index is 13.0. The third kappa shape index (κ3) is 8.27. The SMILES string of the molecule is COC(=O)C(Cc1ccccc1)NC(=O)Nc1cccc(C2OC(CN3CCCC3CO)C(C)C(c3ccc(CO)cc3)O2)c1. The number of nitrogens with one attached hydrogen (secondary N) is 2. The Bertz CT molecular complexity index is 1400. The smallest absolute Gasteiger partial charge is 0.328 e. The van der Waals surface area contributed by atoms with Crippen molar-refractivity contribution in [2.24, 2.45) is 5.92 Å². The van der Waals surface area contributed by atoms with Crippen molar-refractivity contribution in [3.63, 3.8) is 0 Å². The van der Waals surface area contributed by atoms with Gasteiger partial charge in [0.1, 0.15) is 6.04 Å². The summed E-state index contributed by atoms with van der Waals surface area (Å²) in [5, 5.41) is 25.0. The van der Waals surface area contributed by atoms with Crippen LogP contribution in [0.3, 0.4) is 0 Å². The molecule has 4 N–H and O–H groups in total. The highest BCUT2D eigenvalue weighted by molar-refractivity contribution is 5.92. The van der Waals surface area contributed by atoms with Crippen LogP contribution < -0.4 is 10.6 Å². The van der Waals surface area contributed by atoms with Crippen LogP contribution in [-0.4, -0.2) is 72.1 Å². The van der Waals surface area contributed by atoms with Crippen molar-refractivity contribution in [3.8, 4) is 0 Å². The average molecular weight is 618 g/mol. The van der Waals surface area contributed by atoms with Crippen LogP contribution in [0.1, 0.15) is 54.4 Å². The Balaban J connectivity index is 1.33. The number of amides is 2. The van der Waals surface area contributed by atoms with E-state index in [9.17, 15) is 19.8 Å². The molecule has 0 aromatic heterocycles. The largest absolute Gasteiger partial charge is 0.467 e. The first-order valence-electron chi connectivity index (χ1n) is 15.5. The first-order chi connectivity index (χ1) is 21.9. The van der Waals surface area contributed by atoms with E-state index < -0.39 is 24.3 Å². The third-order valence-electron chi connectivity index (χ3n) is 8.74. The summed E-state index contributed by atoms with van der Waals surface area (Å²) in [6.07, 6.45) is 1.11. The Hall–Kier alpha value is -3.80. The number of urea groups is 1. The number of carbonyl (C=O) groups is 2. The monoisotopic (exact) mass is 617 g/mol. The summed E-state index contributed by atoms with van der Waals surface area (Å²) < 4.78 is 18.1. The lowest BCUT2D eigenvalue weighted by atomic mass is 9.90. The van der Waals surface area contributed by atoms with Gasteiger partial charge in [-0.05, 0) is 48.2 Å². The summed E-state index contributed by atoms with van der Waals surface area (Å²) in [6, 6.07) is 23.2. The van der Waals surface area contributed by atoms with Gasteiger partial charge in [0.2, 0.25) is 0 Å². The molecule has 2 amide bonds. The molecule has 45 heavy (non-hydrogen) atoms. The van der Waals surface area contributed by atoms with E-state index in [-0.39, 0.29) is 37.4 Å². The van der Waals surface area contributed by atoms with Crippen molar-refractivity contribution in [1.29, 1.82) is 0 Å². The van der Waals surface area contributed by atoms with Crippen molar-refractivity contribution in [1.82, 2.24) is 10.2 Å². The van der Waals surface area contributed by atoms with Crippen molar-refractivity contribution in [2.75, 3.05) is 32.1 Å². The number of likely N-dealkylation sites (tertiary alicyclic amines) is 1. The predicted octanol–water partition coefficient (Wildman–Crippen LogP) is 4.33. The summed E-state index contributed by atoms with van der Waals surface area (Å²) in [5.41, 5.74) is 3.95. The van der Waals surface area contributed by atoms with Crippen LogP contribution in [0.15, 0.2) is 78.9 Å². The number of anilines is 1. The first kappa shape index (κ1) is 32.6. The fourth-order valence-electron chi connectivity index (χ4n) is 6.18. The molecule has 5 rings (SSSR count). The molecule has 2 heterocycles. The number of rotatable bonds is 11. The lowest BCUT2D eigenvalue weighted by molar-refractivity contribution is -0.276. The molecule has 2 aliphatic rings. The Morgan fingerprint density at radius 2 is 1.76 bits per heavy atom. The summed E-state index contributed by atoms with van der Waals surface area (Å²) in [4.78, 5) is 27.8. The number of aliphatic hydroxyl groups is 2.